The second-order valence-corrected chi connectivity index (χ2v) is 4.34. The van der Waals surface area contributed by atoms with Crippen LogP contribution in [-0.2, 0) is 0 Å². The van der Waals surface area contributed by atoms with Crippen LogP contribution in [0.1, 0.15) is 6.42 Å². The van der Waals surface area contributed by atoms with Crippen molar-refractivity contribution in [1.29, 1.82) is 0 Å². The summed E-state index contributed by atoms with van der Waals surface area (Å²) >= 11 is 0. The van der Waals surface area contributed by atoms with E-state index in [1.165, 1.54) is 0 Å². The molecule has 1 fully saturated rings. The predicted molar refractivity (Wildman–Crippen MR) is 51.5 cm³/mol. The summed E-state index contributed by atoms with van der Waals surface area (Å²) in [5.74, 6) is -1.47. The molecule has 0 radical (unpaired) electrons. The number of benzene rings is 1. The lowest BCUT2D eigenvalue weighted by molar-refractivity contribution is 0.509. The summed E-state index contributed by atoms with van der Waals surface area (Å²) in [5.41, 5.74) is 0.413. The summed E-state index contributed by atoms with van der Waals surface area (Å²) in [6.07, 6.45) is 2.17. The van der Waals surface area contributed by atoms with Gasteiger partial charge in [0.1, 0.15) is 0 Å². The van der Waals surface area contributed by atoms with Crippen LogP contribution in [0.25, 0.3) is 0 Å². The standard InChI is InChI=1S/C9H10F2NP/c10-7-3-1-4-8(9(7)11)12-5-2-6-13-12/h1,3-4,13H,2,5-6H2. The van der Waals surface area contributed by atoms with Gasteiger partial charge in [0.25, 0.3) is 0 Å². The molecule has 1 atom stereocenters. The molecule has 1 heterocycles. The minimum atomic E-state index is -0.755. The van der Waals surface area contributed by atoms with Gasteiger partial charge in [-0.3, -0.25) is 0 Å². The molecule has 1 aromatic rings. The maximum absolute atomic E-state index is 13.2. The van der Waals surface area contributed by atoms with Crippen molar-refractivity contribution in [2.75, 3.05) is 17.4 Å². The first-order valence-corrected chi connectivity index (χ1v) is 5.39. The van der Waals surface area contributed by atoms with Gasteiger partial charge in [-0.1, -0.05) is 6.07 Å². The van der Waals surface area contributed by atoms with E-state index in [0.717, 1.165) is 25.2 Å². The molecule has 13 heavy (non-hydrogen) atoms. The molecule has 1 saturated heterocycles. The fraction of sp³-hybridized carbons (Fsp3) is 0.333. The Morgan fingerprint density at radius 3 is 2.85 bits per heavy atom. The van der Waals surface area contributed by atoms with Gasteiger partial charge >= 0.3 is 0 Å². The van der Waals surface area contributed by atoms with E-state index in [-0.39, 0.29) is 0 Å². The van der Waals surface area contributed by atoms with Gasteiger partial charge in [0.05, 0.1) is 5.69 Å². The van der Waals surface area contributed by atoms with E-state index in [1.807, 2.05) is 4.67 Å². The van der Waals surface area contributed by atoms with Gasteiger partial charge in [0.15, 0.2) is 11.6 Å². The third kappa shape index (κ3) is 1.66. The van der Waals surface area contributed by atoms with Crippen molar-refractivity contribution in [1.82, 2.24) is 0 Å². The molecule has 0 amide bonds. The summed E-state index contributed by atoms with van der Waals surface area (Å²) in [5, 5.41) is 0. The van der Waals surface area contributed by atoms with Crippen LogP contribution in [0, 0.1) is 11.6 Å². The smallest absolute Gasteiger partial charge is 0.182 e. The fourth-order valence-corrected chi connectivity index (χ4v) is 2.68. The van der Waals surface area contributed by atoms with Crippen LogP contribution in [0.5, 0.6) is 0 Å². The van der Waals surface area contributed by atoms with Crippen LogP contribution < -0.4 is 4.67 Å². The second kappa shape index (κ2) is 3.59. The first-order valence-electron chi connectivity index (χ1n) is 4.24. The molecule has 0 aromatic heterocycles. The zero-order valence-electron chi connectivity index (χ0n) is 7.06. The molecule has 0 N–H and O–H groups in total. The highest BCUT2D eigenvalue weighted by atomic mass is 31.1. The number of hydrogen-bond donors (Lipinski definition) is 0. The summed E-state index contributed by atoms with van der Waals surface area (Å²) in [6.45, 7) is 0.846. The van der Waals surface area contributed by atoms with E-state index < -0.39 is 11.6 Å². The van der Waals surface area contributed by atoms with Gasteiger partial charge in [-0.2, -0.15) is 0 Å². The van der Waals surface area contributed by atoms with Gasteiger partial charge in [0.2, 0.25) is 0 Å². The normalized spacial score (nSPS) is 18.5. The number of hydrogen-bond acceptors (Lipinski definition) is 1. The van der Waals surface area contributed by atoms with Crippen LogP contribution in [0.3, 0.4) is 0 Å². The lowest BCUT2D eigenvalue weighted by Gasteiger charge is -2.17. The Bertz CT molecular complexity index is 310. The molecule has 0 aliphatic carbocycles. The predicted octanol–water partition coefficient (Wildman–Crippen LogP) is 2.77. The maximum atomic E-state index is 13.2. The maximum Gasteiger partial charge on any atom is 0.182 e. The molecular formula is C9H10F2NP. The molecular weight excluding hydrogens is 191 g/mol. The Balaban J connectivity index is 2.33. The first-order chi connectivity index (χ1) is 6.29. The first kappa shape index (κ1) is 8.89. The molecule has 0 bridgehead atoms. The molecule has 1 unspecified atom stereocenters. The molecule has 1 aliphatic rings. The van der Waals surface area contributed by atoms with Crippen LogP contribution in [0.2, 0.25) is 0 Å². The lowest BCUT2D eigenvalue weighted by atomic mass is 10.3. The topological polar surface area (TPSA) is 3.24 Å². The number of anilines is 1. The summed E-state index contributed by atoms with van der Waals surface area (Å²) in [6, 6.07) is 4.34. The Morgan fingerprint density at radius 1 is 1.31 bits per heavy atom. The average molecular weight is 201 g/mol. The fourth-order valence-electron chi connectivity index (χ4n) is 1.44. The average Bonchev–Trinajstić information content (AvgIpc) is 2.62. The van der Waals surface area contributed by atoms with E-state index in [4.69, 9.17) is 0 Å². The number of nitrogens with zero attached hydrogens (tertiary/aromatic N) is 1. The molecule has 4 heteroatoms. The molecule has 70 valence electrons. The molecule has 2 rings (SSSR count). The van der Waals surface area contributed by atoms with Gasteiger partial charge in [-0.05, 0) is 33.4 Å². The van der Waals surface area contributed by atoms with Crippen molar-refractivity contribution in [3.63, 3.8) is 0 Å². The van der Waals surface area contributed by atoms with E-state index in [1.54, 1.807) is 12.1 Å². The highest BCUT2D eigenvalue weighted by Crippen LogP contribution is 2.35. The molecule has 0 spiro atoms. The van der Waals surface area contributed by atoms with E-state index >= 15 is 0 Å². The van der Waals surface area contributed by atoms with E-state index in [2.05, 4.69) is 0 Å². The van der Waals surface area contributed by atoms with Crippen LogP contribution in [0.4, 0.5) is 14.5 Å². The van der Waals surface area contributed by atoms with Crippen molar-refractivity contribution in [3.05, 3.63) is 29.8 Å². The zero-order chi connectivity index (χ0) is 9.26. The van der Waals surface area contributed by atoms with Crippen LogP contribution in [-0.4, -0.2) is 12.7 Å². The third-order valence-corrected chi connectivity index (χ3v) is 3.51. The largest absolute Gasteiger partial charge is 0.351 e. The Kier molecular flexibility index (Phi) is 2.45. The van der Waals surface area contributed by atoms with Gasteiger partial charge in [-0.15, -0.1) is 0 Å². The lowest BCUT2D eigenvalue weighted by Crippen LogP contribution is -2.10. The van der Waals surface area contributed by atoms with Crippen molar-refractivity contribution < 1.29 is 8.78 Å². The molecule has 1 aliphatic heterocycles. The molecule has 1 aromatic carbocycles. The number of halogens is 2. The van der Waals surface area contributed by atoms with E-state index in [9.17, 15) is 8.78 Å². The van der Waals surface area contributed by atoms with Crippen molar-refractivity contribution in [2.24, 2.45) is 0 Å². The molecule has 1 nitrogen and oxygen atoms in total. The van der Waals surface area contributed by atoms with Crippen molar-refractivity contribution in [2.45, 2.75) is 6.42 Å². The highest BCUT2D eigenvalue weighted by Gasteiger charge is 2.17. The second-order valence-electron chi connectivity index (χ2n) is 2.99. The summed E-state index contributed by atoms with van der Waals surface area (Å²) in [7, 11) is 0.597. The Hall–Kier alpha value is -0.690. The number of rotatable bonds is 1. The van der Waals surface area contributed by atoms with Gasteiger partial charge in [0, 0.05) is 6.54 Å². The van der Waals surface area contributed by atoms with Gasteiger partial charge in [-0.25, -0.2) is 8.78 Å². The summed E-state index contributed by atoms with van der Waals surface area (Å²) in [4.78, 5) is 0. The highest BCUT2D eigenvalue weighted by molar-refractivity contribution is 7.40. The van der Waals surface area contributed by atoms with Crippen molar-refractivity contribution in [3.8, 4) is 0 Å². The SMILES string of the molecule is Fc1cccc(N2CCCP2)c1F. The summed E-state index contributed by atoms with van der Waals surface area (Å²) < 4.78 is 28.0. The van der Waals surface area contributed by atoms with E-state index in [0.29, 0.717) is 14.4 Å². The quantitative estimate of drug-likeness (QED) is 0.631. The Morgan fingerprint density at radius 2 is 2.15 bits per heavy atom. The van der Waals surface area contributed by atoms with Crippen molar-refractivity contribution >= 4 is 14.4 Å². The molecule has 0 saturated carbocycles. The van der Waals surface area contributed by atoms with Gasteiger partial charge < -0.3 is 4.67 Å². The minimum absolute atomic E-state index is 0.413. The Labute approximate surface area is 77.6 Å². The van der Waals surface area contributed by atoms with Crippen LogP contribution in [0.15, 0.2) is 18.2 Å². The zero-order valence-corrected chi connectivity index (χ0v) is 8.06. The third-order valence-electron chi connectivity index (χ3n) is 2.08. The van der Waals surface area contributed by atoms with Crippen LogP contribution >= 0.6 is 8.73 Å². The minimum Gasteiger partial charge on any atom is -0.351 e. The monoisotopic (exact) mass is 201 g/mol.